The van der Waals surface area contributed by atoms with Crippen molar-refractivity contribution in [1.29, 1.82) is 0 Å². The van der Waals surface area contributed by atoms with E-state index >= 15 is 0 Å². The van der Waals surface area contributed by atoms with E-state index in [0.717, 1.165) is 16.9 Å². The summed E-state index contributed by atoms with van der Waals surface area (Å²) in [6.07, 6.45) is 0. The van der Waals surface area contributed by atoms with Crippen LogP contribution in [0, 0.1) is 6.92 Å². The van der Waals surface area contributed by atoms with Gasteiger partial charge in [-0.05, 0) is 36.6 Å². The van der Waals surface area contributed by atoms with E-state index in [0.29, 0.717) is 32.5 Å². The third-order valence-electron chi connectivity index (χ3n) is 5.52. The summed E-state index contributed by atoms with van der Waals surface area (Å²) in [7, 11) is 0. The van der Waals surface area contributed by atoms with Crippen LogP contribution in [0.25, 0.3) is 21.6 Å². The molecule has 33 heavy (non-hydrogen) atoms. The van der Waals surface area contributed by atoms with Gasteiger partial charge in [-0.1, -0.05) is 55.9 Å². The average molecular weight is 475 g/mol. The molecule has 0 aliphatic rings. The maximum atomic E-state index is 13.6. The fraction of sp³-hybridized carbons (Fsp3) is 0.200. The maximum Gasteiger partial charge on any atom is 0.266 e. The lowest BCUT2D eigenvalue weighted by atomic mass is 10.0. The topological polar surface area (TPSA) is 69.3 Å². The minimum Gasteiger partial charge on any atom is -0.269 e. The van der Waals surface area contributed by atoms with Gasteiger partial charge < -0.3 is 0 Å². The Morgan fingerprint density at radius 1 is 1.03 bits per heavy atom. The lowest BCUT2D eigenvalue weighted by molar-refractivity contribution is 0.780. The fourth-order valence-corrected chi connectivity index (χ4v) is 5.70. The zero-order valence-corrected chi connectivity index (χ0v) is 20.1. The summed E-state index contributed by atoms with van der Waals surface area (Å²) in [5.74, 6) is 0.667. The van der Waals surface area contributed by atoms with Crippen LogP contribution in [0.1, 0.15) is 36.7 Å². The molecule has 0 spiro atoms. The van der Waals surface area contributed by atoms with E-state index in [4.69, 9.17) is 4.98 Å². The van der Waals surface area contributed by atoms with Gasteiger partial charge in [0, 0.05) is 22.9 Å². The highest BCUT2D eigenvalue weighted by Crippen LogP contribution is 2.28. The first-order valence-electron chi connectivity index (χ1n) is 10.6. The largest absolute Gasteiger partial charge is 0.269 e. The van der Waals surface area contributed by atoms with Gasteiger partial charge in [-0.2, -0.15) is 0 Å². The Hall–Kier alpha value is -3.23. The molecule has 0 saturated carbocycles. The summed E-state index contributed by atoms with van der Waals surface area (Å²) in [5.41, 5.74) is 3.90. The third-order valence-corrected chi connectivity index (χ3v) is 7.44. The van der Waals surface area contributed by atoms with Crippen LogP contribution < -0.4 is 11.1 Å². The average Bonchev–Trinajstić information content (AvgIpc) is 3.19. The number of fused-ring (bicyclic) bond motifs is 2. The SMILES string of the molecule is Cc1csc2nc(CSc3nc4ccccc4c(=O)n3-c3ccccc3C(C)C)cc(=O)n12. The molecule has 0 aliphatic carbocycles. The van der Waals surface area contributed by atoms with Gasteiger partial charge in [0.2, 0.25) is 0 Å². The minimum atomic E-state index is -0.103. The Kier molecular flexibility index (Phi) is 5.64. The summed E-state index contributed by atoms with van der Waals surface area (Å²) in [4.78, 5) is 36.3. The number of aromatic nitrogens is 4. The van der Waals surface area contributed by atoms with E-state index in [2.05, 4.69) is 18.8 Å². The zero-order chi connectivity index (χ0) is 23.1. The number of thioether (sulfide) groups is 1. The van der Waals surface area contributed by atoms with Crippen molar-refractivity contribution in [3.8, 4) is 5.69 Å². The van der Waals surface area contributed by atoms with Gasteiger partial charge in [-0.15, -0.1) is 11.3 Å². The Bertz CT molecular complexity index is 1610. The van der Waals surface area contributed by atoms with Crippen molar-refractivity contribution in [2.75, 3.05) is 0 Å². The molecule has 0 amide bonds. The molecule has 8 heteroatoms. The van der Waals surface area contributed by atoms with E-state index in [1.54, 1.807) is 15.0 Å². The van der Waals surface area contributed by atoms with E-state index in [1.165, 1.54) is 23.1 Å². The standard InChI is InChI=1S/C25H22N4O2S2/c1-15(2)18-8-5-7-11-21(18)29-23(31)19-9-4-6-10-20(19)27-25(29)33-14-17-12-22(30)28-16(3)13-32-24(28)26-17/h4-13,15H,14H2,1-3H3. The number of para-hydroxylation sites is 2. The fourth-order valence-electron chi connectivity index (χ4n) is 3.91. The monoisotopic (exact) mass is 474 g/mol. The molecule has 0 N–H and O–H groups in total. The lowest BCUT2D eigenvalue weighted by Gasteiger charge is -2.18. The molecule has 3 aromatic heterocycles. The summed E-state index contributed by atoms with van der Waals surface area (Å²) < 4.78 is 3.31. The number of benzene rings is 2. The molecule has 0 fully saturated rings. The predicted molar refractivity (Wildman–Crippen MR) is 135 cm³/mol. The number of nitrogens with zero attached hydrogens (tertiary/aromatic N) is 4. The molecule has 0 saturated heterocycles. The second-order valence-electron chi connectivity index (χ2n) is 8.14. The number of aryl methyl sites for hydroxylation is 1. The first kappa shape index (κ1) is 21.6. The second kappa shape index (κ2) is 8.61. The van der Waals surface area contributed by atoms with Gasteiger partial charge in [0.1, 0.15) is 0 Å². The Labute approximate surface area is 198 Å². The molecule has 2 aromatic carbocycles. The number of rotatable bonds is 5. The Morgan fingerprint density at radius 3 is 2.61 bits per heavy atom. The van der Waals surface area contributed by atoms with Gasteiger partial charge in [0.15, 0.2) is 10.1 Å². The molecular weight excluding hydrogens is 452 g/mol. The van der Waals surface area contributed by atoms with E-state index in [-0.39, 0.29) is 17.0 Å². The van der Waals surface area contributed by atoms with Crippen molar-refractivity contribution >= 4 is 39.0 Å². The van der Waals surface area contributed by atoms with Crippen molar-refractivity contribution in [2.24, 2.45) is 0 Å². The van der Waals surface area contributed by atoms with Crippen LogP contribution in [0.2, 0.25) is 0 Å². The second-order valence-corrected chi connectivity index (χ2v) is 9.91. The van der Waals surface area contributed by atoms with Crippen molar-refractivity contribution in [2.45, 2.75) is 37.6 Å². The van der Waals surface area contributed by atoms with Crippen LogP contribution >= 0.6 is 23.1 Å². The molecule has 6 nitrogen and oxygen atoms in total. The molecule has 0 atom stereocenters. The van der Waals surface area contributed by atoms with Gasteiger partial charge in [0.25, 0.3) is 11.1 Å². The summed E-state index contributed by atoms with van der Waals surface area (Å²) in [6.45, 7) is 6.12. The first-order chi connectivity index (χ1) is 15.9. The number of hydrogen-bond donors (Lipinski definition) is 0. The molecule has 5 rings (SSSR count). The third kappa shape index (κ3) is 3.89. The van der Waals surface area contributed by atoms with Crippen molar-refractivity contribution in [3.63, 3.8) is 0 Å². The molecule has 5 aromatic rings. The van der Waals surface area contributed by atoms with Gasteiger partial charge >= 0.3 is 0 Å². The summed E-state index contributed by atoms with van der Waals surface area (Å²) >= 11 is 2.86. The molecule has 166 valence electrons. The molecule has 0 aliphatic heterocycles. The van der Waals surface area contributed by atoms with E-state index in [1.807, 2.05) is 60.8 Å². The van der Waals surface area contributed by atoms with Crippen LogP contribution in [0.5, 0.6) is 0 Å². The highest BCUT2D eigenvalue weighted by atomic mass is 32.2. The van der Waals surface area contributed by atoms with Crippen LogP contribution in [-0.2, 0) is 5.75 Å². The highest BCUT2D eigenvalue weighted by Gasteiger charge is 2.17. The molecule has 0 radical (unpaired) electrons. The predicted octanol–water partition coefficient (Wildman–Crippen LogP) is 5.18. The van der Waals surface area contributed by atoms with Crippen LogP contribution in [-0.4, -0.2) is 18.9 Å². The number of thiazole rings is 1. The Balaban J connectivity index is 1.64. The van der Waals surface area contributed by atoms with Crippen molar-refractivity contribution in [3.05, 3.63) is 97.6 Å². The summed E-state index contributed by atoms with van der Waals surface area (Å²) in [6, 6.07) is 16.9. The maximum absolute atomic E-state index is 13.6. The van der Waals surface area contributed by atoms with Gasteiger partial charge in [-0.3, -0.25) is 18.6 Å². The highest BCUT2D eigenvalue weighted by molar-refractivity contribution is 7.98. The van der Waals surface area contributed by atoms with Crippen molar-refractivity contribution < 1.29 is 0 Å². The zero-order valence-electron chi connectivity index (χ0n) is 18.5. The number of hydrogen-bond acceptors (Lipinski definition) is 6. The van der Waals surface area contributed by atoms with Crippen LogP contribution in [0.3, 0.4) is 0 Å². The van der Waals surface area contributed by atoms with E-state index < -0.39 is 0 Å². The first-order valence-corrected chi connectivity index (χ1v) is 12.5. The quantitative estimate of drug-likeness (QED) is 0.259. The molecule has 0 bridgehead atoms. The lowest BCUT2D eigenvalue weighted by Crippen LogP contribution is -2.23. The minimum absolute atomic E-state index is 0.0941. The summed E-state index contributed by atoms with van der Waals surface area (Å²) in [5, 5.41) is 3.08. The Morgan fingerprint density at radius 2 is 1.79 bits per heavy atom. The van der Waals surface area contributed by atoms with Crippen LogP contribution in [0.15, 0.2) is 74.7 Å². The van der Waals surface area contributed by atoms with Crippen molar-refractivity contribution in [1.82, 2.24) is 18.9 Å². The normalized spacial score (nSPS) is 11.6. The van der Waals surface area contributed by atoms with Gasteiger partial charge in [0.05, 0.1) is 22.3 Å². The molecular formula is C25H22N4O2S2. The molecule has 0 unspecified atom stereocenters. The van der Waals surface area contributed by atoms with Crippen LogP contribution in [0.4, 0.5) is 0 Å². The smallest absolute Gasteiger partial charge is 0.266 e. The van der Waals surface area contributed by atoms with E-state index in [9.17, 15) is 9.59 Å². The molecule has 3 heterocycles. The van der Waals surface area contributed by atoms with Gasteiger partial charge in [-0.25, -0.2) is 9.97 Å².